The number of hydrogen-bond acceptors (Lipinski definition) is 3. The van der Waals surface area contributed by atoms with Crippen LogP contribution in [-0.2, 0) is 16.6 Å². The van der Waals surface area contributed by atoms with Gasteiger partial charge in [0.2, 0.25) is 5.91 Å². The molecule has 2 atom stereocenters. The minimum Gasteiger partial charge on any atom is -0.497 e. The molecule has 2 aliphatic rings. The van der Waals surface area contributed by atoms with E-state index >= 15 is 0 Å². The van der Waals surface area contributed by atoms with Crippen LogP contribution in [0.3, 0.4) is 0 Å². The maximum atomic E-state index is 13.4. The molecule has 2 amide bonds. The summed E-state index contributed by atoms with van der Waals surface area (Å²) in [6.45, 7) is 6.20. The molecule has 4 rings (SSSR count). The quantitative estimate of drug-likeness (QED) is 0.827. The first-order chi connectivity index (χ1) is 13.7. The molecule has 152 valence electrons. The van der Waals surface area contributed by atoms with Crippen LogP contribution in [-0.4, -0.2) is 41.2 Å². The summed E-state index contributed by atoms with van der Waals surface area (Å²) in [5.41, 5.74) is 0.246. The first-order valence-electron chi connectivity index (χ1n) is 9.72. The second-order valence-electron chi connectivity index (χ2n) is 8.91. The van der Waals surface area contributed by atoms with Gasteiger partial charge in [0.1, 0.15) is 11.2 Å². The largest absolute Gasteiger partial charge is 0.497 e. The lowest BCUT2D eigenvalue weighted by Gasteiger charge is -2.68. The van der Waals surface area contributed by atoms with Crippen LogP contribution in [0.25, 0.3) is 0 Å². The van der Waals surface area contributed by atoms with Crippen LogP contribution < -0.4 is 10.1 Å². The summed E-state index contributed by atoms with van der Waals surface area (Å²) in [7, 11) is 1.61. The van der Waals surface area contributed by atoms with Gasteiger partial charge in [0.15, 0.2) is 0 Å². The number of hydrogen-bond donors (Lipinski definition) is 2. The third-order valence-corrected chi connectivity index (χ3v) is 6.68. The molecule has 1 fully saturated rings. The Morgan fingerprint density at radius 2 is 1.83 bits per heavy atom. The fourth-order valence-electron chi connectivity index (χ4n) is 5.35. The number of rotatable bonds is 3. The van der Waals surface area contributed by atoms with Gasteiger partial charge in [-0.05, 0) is 41.2 Å². The highest BCUT2D eigenvalue weighted by Crippen LogP contribution is 2.62. The van der Waals surface area contributed by atoms with Crippen LogP contribution >= 0.6 is 0 Å². The summed E-state index contributed by atoms with van der Waals surface area (Å²) in [4.78, 5) is 27.1. The van der Waals surface area contributed by atoms with E-state index in [4.69, 9.17) is 4.74 Å². The van der Waals surface area contributed by atoms with E-state index in [9.17, 15) is 14.7 Å². The molecular weight excluding hydrogens is 368 g/mol. The molecule has 0 aliphatic carbocycles. The molecular formula is C23H26N2O4. The van der Waals surface area contributed by atoms with Crippen molar-refractivity contribution in [1.29, 1.82) is 0 Å². The topological polar surface area (TPSA) is 78.9 Å². The first kappa shape index (κ1) is 19.3. The third kappa shape index (κ3) is 2.41. The van der Waals surface area contributed by atoms with Gasteiger partial charge in [0.05, 0.1) is 12.6 Å². The van der Waals surface area contributed by atoms with Crippen LogP contribution in [0.2, 0.25) is 0 Å². The maximum absolute atomic E-state index is 13.4. The molecule has 0 radical (unpaired) electrons. The van der Waals surface area contributed by atoms with E-state index in [-0.39, 0.29) is 12.5 Å². The van der Waals surface area contributed by atoms with E-state index in [1.165, 1.54) is 4.90 Å². The number of nitrogens with one attached hydrogen (secondary N) is 1. The number of carbonyl (C=O) groups is 2. The van der Waals surface area contributed by atoms with Gasteiger partial charge in [-0.15, -0.1) is 0 Å². The highest BCUT2D eigenvalue weighted by molar-refractivity contribution is 6.09. The second-order valence-corrected chi connectivity index (χ2v) is 8.91. The van der Waals surface area contributed by atoms with Crippen molar-refractivity contribution in [3.63, 3.8) is 0 Å². The molecule has 6 heteroatoms. The molecule has 2 N–H and O–H groups in total. The number of benzene rings is 2. The summed E-state index contributed by atoms with van der Waals surface area (Å²) in [6, 6.07) is 15.2. The Kier molecular flexibility index (Phi) is 4.15. The van der Waals surface area contributed by atoms with E-state index in [2.05, 4.69) is 5.32 Å². The highest BCUT2D eigenvalue weighted by Gasteiger charge is 2.76. The van der Waals surface area contributed by atoms with E-state index in [1.54, 1.807) is 7.11 Å². The average molecular weight is 394 g/mol. The molecule has 2 heterocycles. The van der Waals surface area contributed by atoms with Crippen molar-refractivity contribution in [2.24, 2.45) is 5.41 Å². The number of likely N-dealkylation sites (tertiary alicyclic amines) is 1. The summed E-state index contributed by atoms with van der Waals surface area (Å²) in [6.07, 6.45) is -0.578. The van der Waals surface area contributed by atoms with Crippen LogP contribution in [0.1, 0.15) is 31.9 Å². The number of carbonyl (C=O) groups excluding carboxylic acids is 1. The summed E-state index contributed by atoms with van der Waals surface area (Å²) in [5.74, 6) is 0.612. The molecule has 2 unspecified atom stereocenters. The number of amides is 2. The maximum Gasteiger partial charge on any atom is 0.407 e. The predicted octanol–water partition coefficient (Wildman–Crippen LogP) is 3.91. The van der Waals surface area contributed by atoms with Gasteiger partial charge in [0, 0.05) is 12.2 Å². The standard InChI is InChI=1S/C23H26N2O4/c1-21(2,3)23(13-15-9-11-16(29-4)12-10-15)22(14-25(23)20(27)28)17-7-5-6-8-18(17)24-19(22)26/h5-12H,13-14H2,1-4H3,(H,24,26)(H,27,28). The van der Waals surface area contributed by atoms with Crippen LogP contribution in [0.5, 0.6) is 5.75 Å². The SMILES string of the molecule is COc1ccc(CC2(C(C)(C)C)N(C(=O)O)CC23C(=O)Nc2ccccc23)cc1. The number of methoxy groups -OCH3 is 1. The van der Waals surface area contributed by atoms with Crippen molar-refractivity contribution in [2.45, 2.75) is 38.1 Å². The fraction of sp³-hybridized carbons (Fsp3) is 0.391. The number of nitrogens with zero attached hydrogens (tertiary/aromatic N) is 1. The van der Waals surface area contributed by atoms with Crippen molar-refractivity contribution in [3.05, 3.63) is 59.7 Å². The van der Waals surface area contributed by atoms with Crippen LogP contribution in [0.4, 0.5) is 10.5 Å². The second kappa shape index (κ2) is 6.24. The van der Waals surface area contributed by atoms with E-state index in [0.29, 0.717) is 6.42 Å². The Hall–Kier alpha value is -3.02. The normalized spacial score (nSPS) is 25.4. The van der Waals surface area contributed by atoms with Crippen molar-refractivity contribution in [3.8, 4) is 5.75 Å². The molecule has 2 aliphatic heterocycles. The van der Waals surface area contributed by atoms with Crippen molar-refractivity contribution < 1.29 is 19.4 Å². The molecule has 0 saturated carbocycles. The number of ether oxygens (including phenoxy) is 1. The van der Waals surface area contributed by atoms with Gasteiger partial charge in [-0.1, -0.05) is 51.1 Å². The van der Waals surface area contributed by atoms with Crippen molar-refractivity contribution in [1.82, 2.24) is 4.90 Å². The summed E-state index contributed by atoms with van der Waals surface area (Å²) in [5, 5.41) is 13.0. The lowest BCUT2D eigenvalue weighted by atomic mass is 9.47. The first-order valence-corrected chi connectivity index (χ1v) is 9.72. The Morgan fingerprint density at radius 1 is 1.17 bits per heavy atom. The Labute approximate surface area is 170 Å². The minimum absolute atomic E-state index is 0.125. The van der Waals surface area contributed by atoms with Gasteiger partial charge in [0.25, 0.3) is 0 Å². The number of anilines is 1. The number of fused-ring (bicyclic) bond motifs is 2. The summed E-state index contributed by atoms with van der Waals surface area (Å²) < 4.78 is 5.25. The molecule has 2 aromatic rings. The van der Waals surface area contributed by atoms with E-state index in [0.717, 1.165) is 22.6 Å². The zero-order chi connectivity index (χ0) is 21.0. The van der Waals surface area contributed by atoms with Crippen molar-refractivity contribution in [2.75, 3.05) is 19.0 Å². The molecule has 0 bridgehead atoms. The van der Waals surface area contributed by atoms with E-state index in [1.807, 2.05) is 69.3 Å². The van der Waals surface area contributed by atoms with Gasteiger partial charge in [-0.2, -0.15) is 0 Å². The summed E-state index contributed by atoms with van der Waals surface area (Å²) >= 11 is 0. The Morgan fingerprint density at radius 3 is 2.41 bits per heavy atom. The van der Waals surface area contributed by atoms with Crippen LogP contribution in [0, 0.1) is 5.41 Å². The van der Waals surface area contributed by atoms with Gasteiger partial charge in [-0.3, -0.25) is 9.69 Å². The fourth-order valence-corrected chi connectivity index (χ4v) is 5.35. The van der Waals surface area contributed by atoms with Crippen molar-refractivity contribution >= 4 is 17.7 Å². The molecule has 2 aromatic carbocycles. The van der Waals surface area contributed by atoms with Gasteiger partial charge < -0.3 is 15.2 Å². The lowest BCUT2D eigenvalue weighted by molar-refractivity contribution is -0.165. The number of carboxylic acid groups (broad SMARTS) is 1. The zero-order valence-corrected chi connectivity index (χ0v) is 17.2. The highest BCUT2D eigenvalue weighted by atomic mass is 16.5. The zero-order valence-electron chi connectivity index (χ0n) is 17.2. The van der Waals surface area contributed by atoms with E-state index < -0.39 is 22.5 Å². The minimum atomic E-state index is -1.00. The third-order valence-electron chi connectivity index (χ3n) is 6.68. The molecule has 1 saturated heterocycles. The predicted molar refractivity (Wildman–Crippen MR) is 110 cm³/mol. The number of para-hydroxylation sites is 1. The van der Waals surface area contributed by atoms with Gasteiger partial charge >= 0.3 is 6.09 Å². The van der Waals surface area contributed by atoms with Gasteiger partial charge in [-0.25, -0.2) is 4.79 Å². The smallest absolute Gasteiger partial charge is 0.407 e. The Bertz CT molecular complexity index is 979. The monoisotopic (exact) mass is 394 g/mol. The molecule has 0 aromatic heterocycles. The molecule has 29 heavy (non-hydrogen) atoms. The lowest BCUT2D eigenvalue weighted by Crippen LogP contribution is -2.84. The Balaban J connectivity index is 1.92. The molecule has 1 spiro atoms. The average Bonchev–Trinajstić information content (AvgIpc) is 2.97. The molecule has 6 nitrogen and oxygen atoms in total. The van der Waals surface area contributed by atoms with Crippen LogP contribution in [0.15, 0.2) is 48.5 Å².